The molecule has 4 N–H and O–H groups in total. The molecule has 2 aliphatic rings. The van der Waals surface area contributed by atoms with Gasteiger partial charge in [-0.05, 0) is 135 Å². The second kappa shape index (κ2) is 23.8. The minimum Gasteiger partial charge on any atom is -0.489 e. The minimum atomic E-state index is -5.13. The first-order valence-corrected chi connectivity index (χ1v) is 26.3. The smallest absolute Gasteiger partial charge is 0.418 e. The lowest BCUT2D eigenvalue weighted by Gasteiger charge is -2.50. The number of anilines is 1. The average Bonchev–Trinajstić information content (AvgIpc) is 3.89. The summed E-state index contributed by atoms with van der Waals surface area (Å²) in [5, 5.41) is 13.1. The number of hydrogen-bond donors (Lipinski definition) is 4. The van der Waals surface area contributed by atoms with Crippen LogP contribution in [0.15, 0.2) is 39.8 Å². The van der Waals surface area contributed by atoms with Gasteiger partial charge in [-0.2, -0.15) is 13.5 Å². The molecule has 77 heavy (non-hydrogen) atoms. The average molecular weight is 1130 g/mol. The summed E-state index contributed by atoms with van der Waals surface area (Å²) in [5.74, 6) is -3.10. The number of β-lactam (4-membered cyclic amide) rings is 1. The molecule has 2 aromatic rings. The van der Waals surface area contributed by atoms with Crippen molar-refractivity contribution in [3.05, 3.63) is 40.9 Å². The number of carbonyl (C=O) groups is 7. The molecule has 1 aromatic heterocycles. The van der Waals surface area contributed by atoms with Crippen LogP contribution in [-0.2, 0) is 57.6 Å². The first-order valence-electron chi connectivity index (χ1n) is 24.0. The third-order valence-corrected chi connectivity index (χ3v) is 10.7. The van der Waals surface area contributed by atoms with Crippen LogP contribution < -0.4 is 20.7 Å². The van der Waals surface area contributed by atoms with E-state index in [0.29, 0.717) is 10.6 Å². The van der Waals surface area contributed by atoms with Crippen LogP contribution in [0.25, 0.3) is 0 Å². The summed E-state index contributed by atoms with van der Waals surface area (Å²) in [6, 6.07) is 4.09. The summed E-state index contributed by atoms with van der Waals surface area (Å²) in [4.78, 5) is 110. The van der Waals surface area contributed by atoms with Crippen LogP contribution in [0.3, 0.4) is 0 Å². The number of oxime groups is 1. The largest absolute Gasteiger partial charge is 0.489 e. The lowest BCUT2D eigenvalue weighted by molar-refractivity contribution is -0.218. The number of thiazole rings is 1. The fraction of sp³-hybridized carbons (Fsp3) is 0.625. The van der Waals surface area contributed by atoms with Gasteiger partial charge in [0.2, 0.25) is 5.96 Å². The molecule has 0 aliphatic carbocycles. The Morgan fingerprint density at radius 2 is 1.39 bits per heavy atom. The van der Waals surface area contributed by atoms with Gasteiger partial charge in [-0.1, -0.05) is 17.3 Å². The van der Waals surface area contributed by atoms with Gasteiger partial charge in [0.15, 0.2) is 10.8 Å². The maximum atomic E-state index is 14.0. The highest BCUT2D eigenvalue weighted by Gasteiger charge is 2.58. The predicted octanol–water partition coefficient (Wildman–Crippen LogP) is 6.25. The number of guanidine groups is 1. The van der Waals surface area contributed by atoms with Crippen LogP contribution >= 0.6 is 11.3 Å². The monoisotopic (exact) mass is 1130 g/mol. The van der Waals surface area contributed by atoms with Gasteiger partial charge in [-0.25, -0.2) is 43.7 Å². The number of esters is 1. The van der Waals surface area contributed by atoms with Crippen LogP contribution in [0, 0.1) is 0 Å². The van der Waals surface area contributed by atoms with Gasteiger partial charge >= 0.3 is 40.7 Å². The number of carbonyl (C=O) groups excluding carboxylic acids is 7. The Hall–Kier alpha value is -6.85. The van der Waals surface area contributed by atoms with Crippen molar-refractivity contribution in [2.45, 2.75) is 169 Å². The molecule has 1 fully saturated rings. The quantitative estimate of drug-likeness (QED) is 0.0360. The number of ether oxygens (including phenoxy) is 6. The van der Waals surface area contributed by atoms with E-state index < -0.39 is 117 Å². The molecule has 27 nitrogen and oxygen atoms in total. The van der Waals surface area contributed by atoms with Crippen LogP contribution in [0.4, 0.5) is 24.3 Å². The van der Waals surface area contributed by atoms with Crippen molar-refractivity contribution < 1.29 is 84.1 Å². The number of alkyl carbamates (subject to hydrolysis) is 1. The molecular formula is C48H71N9O18S2. The van der Waals surface area contributed by atoms with E-state index in [1.54, 1.807) is 116 Å². The molecule has 3 atom stereocenters. The highest BCUT2D eigenvalue weighted by Crippen LogP contribution is 2.34. The maximum Gasteiger partial charge on any atom is 0.418 e. The Labute approximate surface area is 451 Å². The van der Waals surface area contributed by atoms with Crippen molar-refractivity contribution in [2.75, 3.05) is 31.6 Å². The number of aromatic nitrogens is 1. The van der Waals surface area contributed by atoms with E-state index in [4.69, 9.17) is 38.3 Å². The van der Waals surface area contributed by atoms with Crippen molar-refractivity contribution in [3.8, 4) is 5.75 Å². The van der Waals surface area contributed by atoms with Crippen LogP contribution in [-0.4, -0.2) is 159 Å². The van der Waals surface area contributed by atoms with E-state index in [1.165, 1.54) is 36.3 Å². The molecule has 1 saturated heterocycles. The summed E-state index contributed by atoms with van der Waals surface area (Å²) >= 11 is 0.855. The van der Waals surface area contributed by atoms with E-state index in [1.807, 2.05) is 0 Å². The molecule has 6 amide bonds. The molecule has 0 spiro atoms. The van der Waals surface area contributed by atoms with Gasteiger partial charge in [-0.15, -0.1) is 15.6 Å². The molecule has 3 unspecified atom stereocenters. The zero-order valence-corrected chi connectivity index (χ0v) is 48.0. The number of amides is 6. The molecule has 0 radical (unpaired) electrons. The second-order valence-corrected chi connectivity index (χ2v) is 24.8. The first-order chi connectivity index (χ1) is 35.0. The number of hydroxylamine groups is 2. The van der Waals surface area contributed by atoms with Gasteiger partial charge in [-0.3, -0.25) is 19.5 Å². The standard InChI is InChI=1S/C48H71N9O18S2/c1-43(2,3)69-36(60)31(74-54-32(30-26-76-37(50-30)53-40(62)71-45(7,8)9)34(58)52-33-35(59)57(48(33,16)17)75-77(65,66)67)25-68-28-20-18-27(19-21-28)29-24-56(42(64)73-47(13,14)15)38(51-29)55(41(63)72-46(10,11)12)23-22-49-39(61)70-44(4,5)6/h18-21,26,29,31,33H,22-25H2,1-17H3,(H,49,61)(H,52,58)(H,50,53,62)(H,65,66,67)/b54-32-. The molecule has 29 heteroatoms. The fourth-order valence-corrected chi connectivity index (χ4v) is 7.72. The van der Waals surface area contributed by atoms with Gasteiger partial charge < -0.3 is 43.9 Å². The molecule has 428 valence electrons. The highest BCUT2D eigenvalue weighted by atomic mass is 32.3. The van der Waals surface area contributed by atoms with Crippen LogP contribution in [0.2, 0.25) is 0 Å². The lowest BCUT2D eigenvalue weighted by atomic mass is 9.84. The molecule has 3 heterocycles. The number of nitrogens with zero attached hydrogens (tertiary/aromatic N) is 6. The van der Waals surface area contributed by atoms with Crippen molar-refractivity contribution >= 4 is 80.7 Å². The highest BCUT2D eigenvalue weighted by molar-refractivity contribution is 7.80. The third kappa shape index (κ3) is 19.6. The minimum absolute atomic E-state index is 0.0528. The number of rotatable bonds is 16. The fourth-order valence-electron chi connectivity index (χ4n) is 6.59. The predicted molar refractivity (Wildman–Crippen MR) is 277 cm³/mol. The zero-order chi connectivity index (χ0) is 58.4. The Morgan fingerprint density at radius 3 is 1.92 bits per heavy atom. The van der Waals surface area contributed by atoms with Crippen LogP contribution in [0.1, 0.15) is 135 Å². The molecular weight excluding hydrogens is 1050 g/mol. The van der Waals surface area contributed by atoms with Crippen LogP contribution in [0.5, 0.6) is 5.75 Å². The van der Waals surface area contributed by atoms with E-state index in [2.05, 4.69) is 30.4 Å². The summed E-state index contributed by atoms with van der Waals surface area (Å²) in [5.41, 5.74) is -6.49. The van der Waals surface area contributed by atoms with E-state index in [9.17, 15) is 46.5 Å². The number of benzene rings is 1. The Morgan fingerprint density at radius 1 is 0.831 bits per heavy atom. The molecule has 4 rings (SSSR count). The molecule has 2 aliphatic heterocycles. The number of aliphatic imine (C=N–C) groups is 1. The number of hydrogen-bond acceptors (Lipinski definition) is 21. The Balaban J connectivity index is 1.66. The van der Waals surface area contributed by atoms with E-state index >= 15 is 0 Å². The summed E-state index contributed by atoms with van der Waals surface area (Å²) in [6.07, 6.45) is -4.97. The van der Waals surface area contributed by atoms with Gasteiger partial charge in [0.05, 0.1) is 18.1 Å². The first kappa shape index (κ1) is 62.7. The van der Waals surface area contributed by atoms with Gasteiger partial charge in [0, 0.05) is 18.5 Å². The number of nitrogens with one attached hydrogen (secondary N) is 3. The maximum absolute atomic E-state index is 14.0. The lowest BCUT2D eigenvalue weighted by Crippen LogP contribution is -2.76. The summed E-state index contributed by atoms with van der Waals surface area (Å²) in [6.45, 7) is 26.5. The molecule has 0 bridgehead atoms. The summed E-state index contributed by atoms with van der Waals surface area (Å²) < 4.78 is 70.1. The Bertz CT molecular complexity index is 2690. The van der Waals surface area contributed by atoms with Gasteiger partial charge in [0.25, 0.3) is 17.9 Å². The SMILES string of the molecule is CC(C)(C)OC(=O)NCCN(C(=O)OC(C)(C)C)C1=NC(c2ccc(OCC(O/N=C(\C(=O)NC3C(=O)N(OS(=O)(=O)O)C3(C)C)c3csc(NC(=O)OC(C)(C)C)n3)C(=O)OC(C)(C)C)cc2)CN1C(=O)OC(C)(C)C. The van der Waals surface area contributed by atoms with E-state index in [-0.39, 0.29) is 42.2 Å². The molecule has 0 saturated carbocycles. The topological polar surface area (TPSA) is 331 Å². The van der Waals surface area contributed by atoms with Gasteiger partial charge in [0.1, 0.15) is 52.1 Å². The van der Waals surface area contributed by atoms with Crippen molar-refractivity contribution in [1.82, 2.24) is 30.5 Å². The normalized spacial score (nSPS) is 17.5. The Kier molecular flexibility index (Phi) is 19.4. The van der Waals surface area contributed by atoms with E-state index in [0.717, 1.165) is 16.2 Å². The summed E-state index contributed by atoms with van der Waals surface area (Å²) in [7, 11) is -5.13. The van der Waals surface area contributed by atoms with Crippen molar-refractivity contribution in [2.24, 2.45) is 10.1 Å². The zero-order valence-electron chi connectivity index (χ0n) is 46.3. The van der Waals surface area contributed by atoms with Crippen molar-refractivity contribution in [3.63, 3.8) is 0 Å². The molecule has 1 aromatic carbocycles. The second-order valence-electron chi connectivity index (χ2n) is 22.9. The van der Waals surface area contributed by atoms with Crippen molar-refractivity contribution in [1.29, 1.82) is 0 Å². The third-order valence-electron chi connectivity index (χ3n) is 9.64.